The normalized spacial score (nSPS) is 42.5. The van der Waals surface area contributed by atoms with E-state index in [1.54, 1.807) is 6.08 Å². The van der Waals surface area contributed by atoms with Crippen LogP contribution in [0.3, 0.4) is 0 Å². The molecule has 10 heteroatoms. The Hall–Kier alpha value is -1.53. The van der Waals surface area contributed by atoms with Crippen LogP contribution in [-0.4, -0.2) is 86.8 Å². The SMILES string of the molecule is O=C(O)C1=CO[C@@H](O[C@@H]2O[C@H](CO)[C@@H](O)[C@H](O)[C@H]2O)[C@H]2C1=CC[C@H]2CO. The van der Waals surface area contributed by atoms with Crippen molar-refractivity contribution in [2.24, 2.45) is 11.8 Å². The number of hydrogen-bond acceptors (Lipinski definition) is 9. The van der Waals surface area contributed by atoms with E-state index in [1.165, 1.54) is 0 Å². The number of aliphatic carboxylic acids is 1. The first-order valence-electron chi connectivity index (χ1n) is 8.25. The molecule has 0 unspecified atom stereocenters. The average molecular weight is 374 g/mol. The highest BCUT2D eigenvalue weighted by Crippen LogP contribution is 2.43. The molecule has 10 nitrogen and oxygen atoms in total. The molecule has 8 atom stereocenters. The Balaban J connectivity index is 1.80. The zero-order valence-corrected chi connectivity index (χ0v) is 13.7. The van der Waals surface area contributed by atoms with E-state index in [0.717, 1.165) is 6.26 Å². The summed E-state index contributed by atoms with van der Waals surface area (Å²) in [6.07, 6.45) is -5.22. The largest absolute Gasteiger partial charge is 0.478 e. The zero-order valence-electron chi connectivity index (χ0n) is 13.7. The van der Waals surface area contributed by atoms with Crippen molar-refractivity contribution in [2.75, 3.05) is 13.2 Å². The van der Waals surface area contributed by atoms with Gasteiger partial charge in [-0.1, -0.05) is 6.08 Å². The Morgan fingerprint density at radius 2 is 1.85 bits per heavy atom. The summed E-state index contributed by atoms with van der Waals surface area (Å²) in [6.45, 7) is -0.831. The number of aliphatic hydroxyl groups is 5. The molecule has 1 fully saturated rings. The van der Waals surface area contributed by atoms with Crippen LogP contribution in [0.5, 0.6) is 0 Å². The summed E-state index contributed by atoms with van der Waals surface area (Å²) in [4.78, 5) is 11.4. The van der Waals surface area contributed by atoms with Gasteiger partial charge in [-0.2, -0.15) is 0 Å². The lowest BCUT2D eigenvalue weighted by molar-refractivity contribution is -0.339. The minimum atomic E-state index is -1.61. The van der Waals surface area contributed by atoms with Crippen LogP contribution in [0, 0.1) is 11.8 Å². The monoisotopic (exact) mass is 374 g/mol. The van der Waals surface area contributed by atoms with Crippen molar-refractivity contribution in [3.8, 4) is 0 Å². The summed E-state index contributed by atoms with van der Waals surface area (Å²) in [6, 6.07) is 0. The first kappa shape index (κ1) is 19.2. The van der Waals surface area contributed by atoms with E-state index >= 15 is 0 Å². The van der Waals surface area contributed by atoms with E-state index in [9.17, 15) is 35.4 Å². The van der Waals surface area contributed by atoms with Crippen LogP contribution in [0.4, 0.5) is 0 Å². The molecule has 0 aromatic rings. The lowest BCUT2D eigenvalue weighted by Gasteiger charge is -2.42. The van der Waals surface area contributed by atoms with Gasteiger partial charge in [0, 0.05) is 6.61 Å². The average Bonchev–Trinajstić information content (AvgIpc) is 3.06. The number of carboxylic acid groups (broad SMARTS) is 1. The van der Waals surface area contributed by atoms with Gasteiger partial charge in [0.1, 0.15) is 30.7 Å². The van der Waals surface area contributed by atoms with Gasteiger partial charge in [-0.15, -0.1) is 0 Å². The van der Waals surface area contributed by atoms with Crippen LogP contribution in [0.1, 0.15) is 6.42 Å². The summed E-state index contributed by atoms with van der Waals surface area (Å²) in [5, 5.41) is 57.8. The van der Waals surface area contributed by atoms with E-state index in [2.05, 4.69) is 0 Å². The van der Waals surface area contributed by atoms with Crippen molar-refractivity contribution < 1.29 is 49.6 Å². The van der Waals surface area contributed by atoms with Gasteiger partial charge in [0.05, 0.1) is 18.1 Å². The van der Waals surface area contributed by atoms with Crippen LogP contribution in [-0.2, 0) is 19.0 Å². The Labute approximate surface area is 148 Å². The quantitative estimate of drug-likeness (QED) is 0.307. The molecule has 2 aliphatic heterocycles. The zero-order chi connectivity index (χ0) is 19.0. The molecule has 2 heterocycles. The number of aliphatic hydroxyl groups excluding tert-OH is 5. The second-order valence-corrected chi connectivity index (χ2v) is 6.54. The number of rotatable bonds is 5. The number of carbonyl (C=O) groups is 1. The van der Waals surface area contributed by atoms with Crippen molar-refractivity contribution in [3.05, 3.63) is 23.5 Å². The van der Waals surface area contributed by atoms with E-state index in [0.29, 0.717) is 12.0 Å². The van der Waals surface area contributed by atoms with Crippen LogP contribution in [0.25, 0.3) is 0 Å². The second-order valence-electron chi connectivity index (χ2n) is 6.54. The summed E-state index contributed by atoms with van der Waals surface area (Å²) < 4.78 is 16.3. The standard InChI is InChI=1S/C16H22O10/c17-3-6-1-2-7-8(14(22)23)5-24-15(10(6)7)26-16-13(21)12(20)11(19)9(4-18)25-16/h2,5-6,9-13,15-21H,1,3-4H2,(H,22,23)/t6-,9+,10+,11+,12-,13+,15-,16-/m0/s1. The third-order valence-electron chi connectivity index (χ3n) is 5.01. The second kappa shape index (κ2) is 7.61. The van der Waals surface area contributed by atoms with Crippen LogP contribution in [0.2, 0.25) is 0 Å². The number of hydrogen-bond donors (Lipinski definition) is 6. The molecule has 146 valence electrons. The Morgan fingerprint density at radius 3 is 2.46 bits per heavy atom. The van der Waals surface area contributed by atoms with Gasteiger partial charge in [-0.25, -0.2) is 4.79 Å². The van der Waals surface area contributed by atoms with Crippen molar-refractivity contribution in [2.45, 2.75) is 43.4 Å². The predicted octanol–water partition coefficient (Wildman–Crippen LogP) is -2.32. The Bertz CT molecular complexity index is 600. The van der Waals surface area contributed by atoms with Crippen molar-refractivity contribution >= 4 is 5.97 Å². The molecule has 0 saturated carbocycles. The number of carboxylic acids is 1. The lowest BCUT2D eigenvalue weighted by Crippen LogP contribution is -2.60. The molecule has 0 spiro atoms. The molecule has 0 aromatic carbocycles. The molecular weight excluding hydrogens is 352 g/mol. The summed E-state index contributed by atoms with van der Waals surface area (Å²) in [7, 11) is 0. The molecule has 3 rings (SSSR count). The van der Waals surface area contributed by atoms with Gasteiger partial charge in [0.15, 0.2) is 6.29 Å². The first-order valence-corrected chi connectivity index (χ1v) is 8.25. The van der Waals surface area contributed by atoms with Gasteiger partial charge in [-0.05, 0) is 17.9 Å². The van der Waals surface area contributed by atoms with Crippen molar-refractivity contribution in [3.63, 3.8) is 0 Å². The van der Waals surface area contributed by atoms with E-state index in [-0.39, 0.29) is 18.1 Å². The molecular formula is C16H22O10. The van der Waals surface area contributed by atoms with Gasteiger partial charge in [0.25, 0.3) is 0 Å². The highest BCUT2D eigenvalue weighted by Gasteiger charge is 2.49. The molecule has 0 bridgehead atoms. The minimum absolute atomic E-state index is 0.0420. The fourth-order valence-electron chi connectivity index (χ4n) is 3.55. The highest BCUT2D eigenvalue weighted by atomic mass is 16.8. The fraction of sp³-hybridized carbons (Fsp3) is 0.688. The van der Waals surface area contributed by atoms with Gasteiger partial charge < -0.3 is 44.8 Å². The Morgan fingerprint density at radius 1 is 1.12 bits per heavy atom. The van der Waals surface area contributed by atoms with Crippen LogP contribution >= 0.6 is 0 Å². The summed E-state index contributed by atoms with van der Waals surface area (Å²) in [5.41, 5.74) is 0.414. The summed E-state index contributed by atoms with van der Waals surface area (Å²) in [5.74, 6) is -2.13. The van der Waals surface area contributed by atoms with E-state index in [4.69, 9.17) is 14.2 Å². The maximum atomic E-state index is 11.4. The molecule has 1 saturated heterocycles. The summed E-state index contributed by atoms with van der Waals surface area (Å²) >= 11 is 0. The first-order chi connectivity index (χ1) is 12.4. The van der Waals surface area contributed by atoms with Crippen LogP contribution in [0.15, 0.2) is 23.5 Å². The third-order valence-corrected chi connectivity index (χ3v) is 5.01. The lowest BCUT2D eigenvalue weighted by atomic mass is 9.86. The van der Waals surface area contributed by atoms with Crippen molar-refractivity contribution in [1.29, 1.82) is 0 Å². The number of fused-ring (bicyclic) bond motifs is 1. The topological polar surface area (TPSA) is 166 Å². The molecule has 0 aromatic heterocycles. The smallest absolute Gasteiger partial charge is 0.339 e. The Kier molecular flexibility index (Phi) is 5.63. The van der Waals surface area contributed by atoms with Crippen molar-refractivity contribution in [1.82, 2.24) is 0 Å². The molecule has 0 amide bonds. The highest BCUT2D eigenvalue weighted by molar-refractivity contribution is 5.92. The maximum absolute atomic E-state index is 11.4. The number of ether oxygens (including phenoxy) is 3. The van der Waals surface area contributed by atoms with Gasteiger partial charge in [-0.3, -0.25) is 0 Å². The molecule has 0 radical (unpaired) electrons. The van der Waals surface area contributed by atoms with Crippen LogP contribution < -0.4 is 0 Å². The minimum Gasteiger partial charge on any atom is -0.478 e. The van der Waals surface area contributed by atoms with Gasteiger partial charge >= 0.3 is 5.97 Å². The molecule has 1 aliphatic carbocycles. The maximum Gasteiger partial charge on any atom is 0.339 e. The third kappa shape index (κ3) is 3.25. The predicted molar refractivity (Wildman–Crippen MR) is 82.2 cm³/mol. The van der Waals surface area contributed by atoms with Gasteiger partial charge in [0.2, 0.25) is 6.29 Å². The number of allylic oxidation sites excluding steroid dienone is 1. The molecule has 6 N–H and O–H groups in total. The fourth-order valence-corrected chi connectivity index (χ4v) is 3.55. The molecule has 3 aliphatic rings. The molecule has 26 heavy (non-hydrogen) atoms. The van der Waals surface area contributed by atoms with E-state index < -0.39 is 55.5 Å². The van der Waals surface area contributed by atoms with E-state index in [1.807, 2.05) is 0 Å².